The topological polar surface area (TPSA) is 90.2 Å². The summed E-state index contributed by atoms with van der Waals surface area (Å²) in [6, 6.07) is 8.02. The Hall–Kier alpha value is -1.42. The van der Waals surface area contributed by atoms with Crippen molar-refractivity contribution in [1.29, 1.82) is 5.26 Å². The van der Waals surface area contributed by atoms with Crippen molar-refractivity contribution in [3.63, 3.8) is 0 Å². The zero-order valence-electron chi connectivity index (χ0n) is 11.5. The predicted octanol–water partition coefficient (Wildman–Crippen LogP) is 1.19. The van der Waals surface area contributed by atoms with E-state index in [0.717, 1.165) is 5.56 Å². The molecule has 6 heteroatoms. The van der Waals surface area contributed by atoms with Gasteiger partial charge in [-0.25, -0.2) is 13.1 Å². The van der Waals surface area contributed by atoms with Gasteiger partial charge < -0.3 is 5.11 Å². The number of nitriles is 1. The summed E-state index contributed by atoms with van der Waals surface area (Å²) in [5.74, 6) is 0. The van der Waals surface area contributed by atoms with E-state index in [1.165, 1.54) is 12.1 Å². The van der Waals surface area contributed by atoms with Crippen LogP contribution in [0.1, 0.15) is 25.8 Å². The van der Waals surface area contributed by atoms with Crippen LogP contribution in [0.2, 0.25) is 0 Å². The summed E-state index contributed by atoms with van der Waals surface area (Å²) in [5, 5.41) is 18.2. The summed E-state index contributed by atoms with van der Waals surface area (Å²) in [4.78, 5) is 0.177. The quantitative estimate of drug-likeness (QED) is 0.872. The minimum atomic E-state index is -3.59. The molecule has 2 N–H and O–H groups in total. The molecule has 1 aromatic rings. The van der Waals surface area contributed by atoms with Crippen LogP contribution in [-0.2, 0) is 16.4 Å². The number of hydrogen-bond acceptors (Lipinski definition) is 4. The molecule has 0 spiro atoms. The highest BCUT2D eigenvalue weighted by molar-refractivity contribution is 7.89. The van der Waals surface area contributed by atoms with Crippen LogP contribution >= 0.6 is 0 Å². The Labute approximate surface area is 119 Å². The molecule has 2 rings (SSSR count). The Bertz CT molecular complexity index is 629. The second kappa shape index (κ2) is 5.17. The van der Waals surface area contributed by atoms with Crippen LogP contribution in [0.5, 0.6) is 0 Å². The van der Waals surface area contributed by atoms with Gasteiger partial charge in [0.15, 0.2) is 0 Å². The van der Waals surface area contributed by atoms with Crippen LogP contribution in [0.4, 0.5) is 0 Å². The Balaban J connectivity index is 2.13. The van der Waals surface area contributed by atoms with Crippen molar-refractivity contribution in [3.8, 4) is 6.07 Å². The molecule has 1 fully saturated rings. The highest BCUT2D eigenvalue weighted by Crippen LogP contribution is 2.41. The summed E-state index contributed by atoms with van der Waals surface area (Å²) in [6.45, 7) is 3.68. The fourth-order valence-electron chi connectivity index (χ4n) is 2.24. The lowest BCUT2D eigenvalue weighted by molar-refractivity contribution is -0.0645. The van der Waals surface area contributed by atoms with Crippen LogP contribution in [0, 0.1) is 16.7 Å². The van der Waals surface area contributed by atoms with Gasteiger partial charge in [-0.15, -0.1) is 0 Å². The molecular formula is C14H18N2O3S. The number of nitrogens with zero attached hydrogens (tertiary/aromatic N) is 1. The van der Waals surface area contributed by atoms with Crippen molar-refractivity contribution in [2.45, 2.75) is 43.7 Å². The third kappa shape index (κ3) is 2.70. The number of nitrogens with one attached hydrogen (secondary N) is 1. The van der Waals surface area contributed by atoms with Crippen LogP contribution in [-0.4, -0.2) is 25.7 Å². The number of benzene rings is 1. The fraction of sp³-hybridized carbons (Fsp3) is 0.500. The zero-order chi connectivity index (χ0) is 15.0. The molecule has 0 saturated heterocycles. The van der Waals surface area contributed by atoms with Crippen molar-refractivity contribution in [2.24, 2.45) is 5.41 Å². The molecule has 0 amide bonds. The third-order valence-corrected chi connectivity index (χ3v) is 5.52. The van der Waals surface area contributed by atoms with Gasteiger partial charge >= 0.3 is 0 Å². The van der Waals surface area contributed by atoms with E-state index in [4.69, 9.17) is 5.26 Å². The van der Waals surface area contributed by atoms with Crippen molar-refractivity contribution < 1.29 is 13.5 Å². The summed E-state index contributed by atoms with van der Waals surface area (Å²) in [6.07, 6.45) is 0.210. The molecule has 0 bridgehead atoms. The Morgan fingerprint density at radius 1 is 1.40 bits per heavy atom. The lowest BCUT2D eigenvalue weighted by Gasteiger charge is -2.49. The van der Waals surface area contributed by atoms with Gasteiger partial charge in [0.05, 0.1) is 23.5 Å². The van der Waals surface area contributed by atoms with Gasteiger partial charge in [0, 0.05) is 11.5 Å². The average Bonchev–Trinajstić information content (AvgIpc) is 2.39. The molecule has 0 heterocycles. The standard InChI is InChI=1S/C14H18N2O3S/c1-14(2)12(9-13(14)17)16-20(18,19)11-5-3-10(4-6-11)7-8-15/h3-6,12-13,16-17H,7,9H2,1-2H3. The van der Waals surface area contributed by atoms with Gasteiger partial charge in [-0.05, 0) is 24.1 Å². The minimum Gasteiger partial charge on any atom is -0.392 e. The smallest absolute Gasteiger partial charge is 0.240 e. The third-order valence-electron chi connectivity index (χ3n) is 4.03. The van der Waals surface area contributed by atoms with E-state index in [9.17, 15) is 13.5 Å². The number of aliphatic hydroxyl groups is 1. The zero-order valence-corrected chi connectivity index (χ0v) is 12.3. The maximum absolute atomic E-state index is 12.2. The highest BCUT2D eigenvalue weighted by atomic mass is 32.2. The van der Waals surface area contributed by atoms with Crippen molar-refractivity contribution in [2.75, 3.05) is 0 Å². The highest BCUT2D eigenvalue weighted by Gasteiger charge is 2.48. The second-order valence-electron chi connectivity index (χ2n) is 5.73. The molecule has 2 unspecified atom stereocenters. The molecule has 1 saturated carbocycles. The van der Waals surface area contributed by atoms with Crippen molar-refractivity contribution >= 4 is 10.0 Å². The van der Waals surface area contributed by atoms with E-state index in [2.05, 4.69) is 4.72 Å². The average molecular weight is 294 g/mol. The summed E-state index contributed by atoms with van der Waals surface area (Å²) >= 11 is 0. The van der Waals surface area contributed by atoms with Crippen molar-refractivity contribution in [1.82, 2.24) is 4.72 Å². The van der Waals surface area contributed by atoms with Gasteiger partial charge in [-0.1, -0.05) is 26.0 Å². The first kappa shape index (κ1) is 15.0. The summed E-state index contributed by atoms with van der Waals surface area (Å²) in [5.41, 5.74) is 0.333. The molecule has 0 radical (unpaired) electrons. The lowest BCUT2D eigenvalue weighted by Crippen LogP contribution is -2.61. The fourth-order valence-corrected chi connectivity index (χ4v) is 3.64. The largest absolute Gasteiger partial charge is 0.392 e. The van der Waals surface area contributed by atoms with Crippen molar-refractivity contribution in [3.05, 3.63) is 29.8 Å². The first-order valence-corrected chi connectivity index (χ1v) is 7.92. The monoisotopic (exact) mass is 294 g/mol. The SMILES string of the molecule is CC1(C)C(O)CC1NS(=O)(=O)c1ccc(CC#N)cc1. The molecule has 108 valence electrons. The number of hydrogen-bond donors (Lipinski definition) is 2. The van der Waals surface area contributed by atoms with Gasteiger partial charge in [-0.3, -0.25) is 0 Å². The predicted molar refractivity (Wildman–Crippen MR) is 74.3 cm³/mol. The van der Waals surface area contributed by atoms with E-state index in [1.807, 2.05) is 19.9 Å². The van der Waals surface area contributed by atoms with E-state index in [0.29, 0.717) is 6.42 Å². The van der Waals surface area contributed by atoms with Crippen LogP contribution in [0.15, 0.2) is 29.2 Å². The van der Waals surface area contributed by atoms with E-state index in [-0.39, 0.29) is 17.4 Å². The van der Waals surface area contributed by atoms with Gasteiger partial charge in [0.25, 0.3) is 0 Å². The molecule has 2 atom stereocenters. The summed E-state index contributed by atoms with van der Waals surface area (Å²) < 4.78 is 27.1. The molecule has 5 nitrogen and oxygen atoms in total. The Morgan fingerprint density at radius 2 is 2.00 bits per heavy atom. The molecule has 1 aliphatic rings. The molecule has 0 aliphatic heterocycles. The van der Waals surface area contributed by atoms with E-state index in [1.54, 1.807) is 12.1 Å². The maximum Gasteiger partial charge on any atom is 0.240 e. The maximum atomic E-state index is 12.2. The number of sulfonamides is 1. The van der Waals surface area contributed by atoms with Gasteiger partial charge in [0.1, 0.15) is 0 Å². The molecule has 1 aliphatic carbocycles. The first-order chi connectivity index (χ1) is 9.27. The first-order valence-electron chi connectivity index (χ1n) is 6.43. The van der Waals surface area contributed by atoms with Crippen LogP contribution < -0.4 is 4.72 Å². The number of aliphatic hydroxyl groups excluding tert-OH is 1. The Morgan fingerprint density at radius 3 is 2.45 bits per heavy atom. The number of rotatable bonds is 4. The second-order valence-corrected chi connectivity index (χ2v) is 7.44. The van der Waals surface area contributed by atoms with Gasteiger partial charge in [0.2, 0.25) is 10.0 Å². The normalized spacial score (nSPS) is 24.7. The molecule has 0 aromatic heterocycles. The van der Waals surface area contributed by atoms with E-state index < -0.39 is 21.5 Å². The molecular weight excluding hydrogens is 276 g/mol. The lowest BCUT2D eigenvalue weighted by atomic mass is 9.65. The summed E-state index contributed by atoms with van der Waals surface area (Å²) in [7, 11) is -3.59. The minimum absolute atomic E-state index is 0.177. The molecule has 1 aromatic carbocycles. The van der Waals surface area contributed by atoms with Gasteiger partial charge in [-0.2, -0.15) is 5.26 Å². The Kier molecular flexibility index (Phi) is 3.87. The van der Waals surface area contributed by atoms with Crippen LogP contribution in [0.3, 0.4) is 0 Å². The molecule has 20 heavy (non-hydrogen) atoms. The van der Waals surface area contributed by atoms with E-state index >= 15 is 0 Å². The van der Waals surface area contributed by atoms with Crippen LogP contribution in [0.25, 0.3) is 0 Å².